The van der Waals surface area contributed by atoms with E-state index in [0.717, 1.165) is 16.8 Å². The van der Waals surface area contributed by atoms with Crippen molar-refractivity contribution in [1.29, 1.82) is 0 Å². The summed E-state index contributed by atoms with van der Waals surface area (Å²) in [6, 6.07) is 3.58. The number of nitrogens with two attached hydrogens (primary N) is 1. The Morgan fingerprint density at radius 2 is 1.73 bits per heavy atom. The summed E-state index contributed by atoms with van der Waals surface area (Å²) in [5.74, 6) is 0.226. The fraction of sp³-hybridized carbons (Fsp3) is 0.455. The van der Waals surface area contributed by atoms with Crippen LogP contribution in [0.3, 0.4) is 0 Å². The molecule has 0 fully saturated rings. The first-order valence-electron chi connectivity index (χ1n) is 4.81. The lowest BCUT2D eigenvalue weighted by molar-refractivity contribution is 0.0337. The third-order valence-corrected chi connectivity index (χ3v) is 2.88. The van der Waals surface area contributed by atoms with Crippen LogP contribution in [-0.4, -0.2) is 22.1 Å². The maximum absolute atomic E-state index is 9.79. The van der Waals surface area contributed by atoms with E-state index >= 15 is 0 Å². The number of rotatable bonds is 3. The zero-order valence-electron chi connectivity index (χ0n) is 8.94. The predicted molar refractivity (Wildman–Crippen MR) is 65.1 cm³/mol. The molecule has 1 rings (SSSR count). The SMILES string of the molecule is Cc1cc(C(O)C(O)CS)cc(C)c1N. The van der Waals surface area contributed by atoms with E-state index in [1.54, 1.807) is 12.1 Å². The second-order valence-corrected chi connectivity index (χ2v) is 4.13. The average Bonchev–Trinajstić information content (AvgIpc) is 2.23. The minimum absolute atomic E-state index is 0.226. The molecule has 0 saturated carbocycles. The Balaban J connectivity index is 3.06. The van der Waals surface area contributed by atoms with Crippen LogP contribution in [0.4, 0.5) is 5.69 Å². The maximum atomic E-state index is 9.79. The molecule has 84 valence electrons. The van der Waals surface area contributed by atoms with Crippen molar-refractivity contribution >= 4 is 18.3 Å². The molecule has 0 aliphatic carbocycles. The number of hydrogen-bond acceptors (Lipinski definition) is 4. The van der Waals surface area contributed by atoms with Crippen LogP contribution >= 0.6 is 12.6 Å². The molecule has 0 aliphatic heterocycles. The molecule has 0 aromatic heterocycles. The lowest BCUT2D eigenvalue weighted by Gasteiger charge is -2.18. The molecule has 2 atom stereocenters. The van der Waals surface area contributed by atoms with Crippen LogP contribution in [0.2, 0.25) is 0 Å². The van der Waals surface area contributed by atoms with Crippen molar-refractivity contribution in [2.75, 3.05) is 11.5 Å². The summed E-state index contributed by atoms with van der Waals surface area (Å²) >= 11 is 3.94. The molecular formula is C11H17NO2S. The third kappa shape index (κ3) is 2.65. The number of hydrogen-bond donors (Lipinski definition) is 4. The van der Waals surface area contributed by atoms with Crippen molar-refractivity contribution in [1.82, 2.24) is 0 Å². The third-order valence-electron chi connectivity index (χ3n) is 2.51. The molecule has 15 heavy (non-hydrogen) atoms. The molecule has 1 aromatic carbocycles. The van der Waals surface area contributed by atoms with Gasteiger partial charge in [-0.05, 0) is 30.5 Å². The number of thiol groups is 1. The lowest BCUT2D eigenvalue weighted by Crippen LogP contribution is -2.20. The molecule has 3 nitrogen and oxygen atoms in total. The van der Waals surface area contributed by atoms with Gasteiger partial charge in [-0.1, -0.05) is 12.1 Å². The van der Waals surface area contributed by atoms with Crippen molar-refractivity contribution in [2.45, 2.75) is 26.1 Å². The van der Waals surface area contributed by atoms with E-state index in [2.05, 4.69) is 12.6 Å². The Hall–Kier alpha value is -0.710. The molecule has 0 aliphatic rings. The van der Waals surface area contributed by atoms with Gasteiger partial charge in [-0.3, -0.25) is 0 Å². The predicted octanol–water partition coefficient (Wildman–Crippen LogP) is 1.21. The highest BCUT2D eigenvalue weighted by Gasteiger charge is 2.17. The van der Waals surface area contributed by atoms with E-state index in [1.807, 2.05) is 13.8 Å². The normalized spacial score (nSPS) is 15.0. The number of aliphatic hydroxyl groups is 2. The second-order valence-electron chi connectivity index (χ2n) is 3.76. The largest absolute Gasteiger partial charge is 0.398 e. The van der Waals surface area contributed by atoms with Gasteiger partial charge in [0.05, 0.1) is 6.10 Å². The van der Waals surface area contributed by atoms with Crippen LogP contribution in [0, 0.1) is 13.8 Å². The molecule has 0 amide bonds. The molecule has 4 heteroatoms. The van der Waals surface area contributed by atoms with Gasteiger partial charge in [0, 0.05) is 11.4 Å². The molecule has 1 aromatic rings. The fourth-order valence-electron chi connectivity index (χ4n) is 1.50. The highest BCUT2D eigenvalue weighted by Crippen LogP contribution is 2.25. The molecular weight excluding hydrogens is 210 g/mol. The fourth-order valence-corrected chi connectivity index (χ4v) is 1.70. The number of nitrogen functional groups attached to an aromatic ring is 1. The minimum Gasteiger partial charge on any atom is -0.398 e. The Labute approximate surface area is 95.3 Å². The Bertz CT molecular complexity index is 331. The van der Waals surface area contributed by atoms with Crippen LogP contribution in [0.1, 0.15) is 22.8 Å². The van der Waals surface area contributed by atoms with E-state index in [9.17, 15) is 10.2 Å². The van der Waals surface area contributed by atoms with Gasteiger partial charge in [0.2, 0.25) is 0 Å². The first-order valence-corrected chi connectivity index (χ1v) is 5.44. The summed E-state index contributed by atoms with van der Waals surface area (Å²) in [7, 11) is 0. The second kappa shape index (κ2) is 4.88. The van der Waals surface area contributed by atoms with E-state index in [-0.39, 0.29) is 5.75 Å². The van der Waals surface area contributed by atoms with E-state index < -0.39 is 12.2 Å². The van der Waals surface area contributed by atoms with Gasteiger partial charge >= 0.3 is 0 Å². The first kappa shape index (κ1) is 12.4. The zero-order chi connectivity index (χ0) is 11.6. The summed E-state index contributed by atoms with van der Waals surface area (Å²) < 4.78 is 0. The van der Waals surface area contributed by atoms with Crippen molar-refractivity contribution < 1.29 is 10.2 Å². The topological polar surface area (TPSA) is 66.5 Å². The van der Waals surface area contributed by atoms with E-state index in [4.69, 9.17) is 5.73 Å². The summed E-state index contributed by atoms with van der Waals surface area (Å²) in [5, 5.41) is 19.3. The lowest BCUT2D eigenvalue weighted by atomic mass is 9.99. The number of aliphatic hydroxyl groups excluding tert-OH is 2. The van der Waals surface area contributed by atoms with Crippen molar-refractivity contribution in [3.05, 3.63) is 28.8 Å². The molecule has 0 radical (unpaired) electrons. The highest BCUT2D eigenvalue weighted by atomic mass is 32.1. The summed E-state index contributed by atoms with van der Waals surface area (Å²) in [6.45, 7) is 3.76. The Morgan fingerprint density at radius 1 is 1.27 bits per heavy atom. The highest BCUT2D eigenvalue weighted by molar-refractivity contribution is 7.80. The zero-order valence-corrected chi connectivity index (χ0v) is 9.83. The van der Waals surface area contributed by atoms with Crippen molar-refractivity contribution in [2.24, 2.45) is 0 Å². The number of anilines is 1. The van der Waals surface area contributed by atoms with Crippen LogP contribution < -0.4 is 5.73 Å². The molecule has 2 unspecified atom stereocenters. The van der Waals surface area contributed by atoms with Crippen LogP contribution in [0.15, 0.2) is 12.1 Å². The molecule has 0 spiro atoms. The van der Waals surface area contributed by atoms with Crippen LogP contribution in [-0.2, 0) is 0 Å². The number of benzene rings is 1. The smallest absolute Gasteiger partial charge is 0.106 e. The van der Waals surface area contributed by atoms with Crippen molar-refractivity contribution in [3.63, 3.8) is 0 Å². The minimum atomic E-state index is -0.902. The average molecular weight is 227 g/mol. The van der Waals surface area contributed by atoms with Crippen molar-refractivity contribution in [3.8, 4) is 0 Å². The molecule has 4 N–H and O–H groups in total. The summed E-state index contributed by atoms with van der Waals surface area (Å²) in [5.41, 5.74) is 9.03. The van der Waals surface area contributed by atoms with Gasteiger partial charge in [-0.15, -0.1) is 0 Å². The number of aryl methyl sites for hydroxylation is 2. The van der Waals surface area contributed by atoms with Gasteiger partial charge in [0.15, 0.2) is 0 Å². The summed E-state index contributed by atoms with van der Waals surface area (Å²) in [6.07, 6.45) is -1.75. The van der Waals surface area contributed by atoms with Gasteiger partial charge in [-0.2, -0.15) is 12.6 Å². The summed E-state index contributed by atoms with van der Waals surface area (Å²) in [4.78, 5) is 0. The van der Waals surface area contributed by atoms with Gasteiger partial charge < -0.3 is 15.9 Å². The standard InChI is InChI=1S/C11H17NO2S/c1-6-3-8(4-7(2)10(6)12)11(14)9(13)5-15/h3-4,9,11,13-15H,5,12H2,1-2H3. The Morgan fingerprint density at radius 3 is 2.13 bits per heavy atom. The first-order chi connectivity index (χ1) is 6.97. The Kier molecular flexibility index (Phi) is 4.02. The molecule has 0 bridgehead atoms. The van der Waals surface area contributed by atoms with E-state index in [1.165, 1.54) is 0 Å². The van der Waals surface area contributed by atoms with Crippen LogP contribution in [0.25, 0.3) is 0 Å². The maximum Gasteiger partial charge on any atom is 0.106 e. The van der Waals surface area contributed by atoms with Gasteiger partial charge in [0.1, 0.15) is 6.10 Å². The molecule has 0 saturated heterocycles. The quantitative estimate of drug-likeness (QED) is 0.463. The van der Waals surface area contributed by atoms with Crippen LogP contribution in [0.5, 0.6) is 0 Å². The molecule has 0 heterocycles. The van der Waals surface area contributed by atoms with Gasteiger partial charge in [0.25, 0.3) is 0 Å². The monoisotopic (exact) mass is 227 g/mol. The van der Waals surface area contributed by atoms with E-state index in [0.29, 0.717) is 5.56 Å². The van der Waals surface area contributed by atoms with Gasteiger partial charge in [-0.25, -0.2) is 0 Å².